The van der Waals surface area contributed by atoms with Crippen LogP contribution in [0.2, 0.25) is 0 Å². The van der Waals surface area contributed by atoms with E-state index in [0.717, 1.165) is 44.0 Å². The number of nitrogens with zero attached hydrogens (tertiary/aromatic N) is 2. The van der Waals surface area contributed by atoms with Crippen molar-refractivity contribution in [3.05, 3.63) is 24.3 Å². The molecular weight excluding hydrogens is 316 g/mol. The third kappa shape index (κ3) is 4.46. The topological polar surface area (TPSA) is 42.0 Å². The second-order valence-electron chi connectivity index (χ2n) is 7.00. The summed E-state index contributed by atoms with van der Waals surface area (Å²) in [6.45, 7) is 7.97. The lowest BCUT2D eigenvalue weighted by Crippen LogP contribution is -2.51. The van der Waals surface area contributed by atoms with Crippen LogP contribution in [0.15, 0.2) is 24.3 Å². The van der Waals surface area contributed by atoms with Crippen molar-refractivity contribution >= 4 is 5.91 Å². The van der Waals surface area contributed by atoms with Crippen LogP contribution in [0.3, 0.4) is 0 Å². The number of hydrogen-bond acceptors (Lipinski definition) is 4. The van der Waals surface area contributed by atoms with Crippen LogP contribution >= 0.6 is 0 Å². The van der Waals surface area contributed by atoms with Crippen molar-refractivity contribution in [2.75, 3.05) is 32.8 Å². The maximum absolute atomic E-state index is 12.9. The molecular formula is C20H30N2O3. The minimum Gasteiger partial charge on any atom is -0.486 e. The molecule has 1 aromatic carbocycles. The van der Waals surface area contributed by atoms with Gasteiger partial charge in [-0.25, -0.2) is 0 Å². The second-order valence-corrected chi connectivity index (χ2v) is 7.00. The first-order valence-electron chi connectivity index (χ1n) is 9.60. The molecule has 25 heavy (non-hydrogen) atoms. The highest BCUT2D eigenvalue weighted by atomic mass is 16.6. The molecule has 5 nitrogen and oxygen atoms in total. The van der Waals surface area contributed by atoms with Crippen LogP contribution < -0.4 is 9.47 Å². The molecule has 0 radical (unpaired) electrons. The molecule has 5 heteroatoms. The molecule has 1 aromatic rings. The summed E-state index contributed by atoms with van der Waals surface area (Å²) in [5, 5.41) is 0. The molecule has 1 fully saturated rings. The largest absolute Gasteiger partial charge is 0.486 e. The van der Waals surface area contributed by atoms with Crippen LogP contribution in [-0.2, 0) is 4.79 Å². The fourth-order valence-electron chi connectivity index (χ4n) is 3.69. The predicted molar refractivity (Wildman–Crippen MR) is 98.1 cm³/mol. The lowest BCUT2D eigenvalue weighted by Gasteiger charge is -2.35. The van der Waals surface area contributed by atoms with Gasteiger partial charge < -0.3 is 14.4 Å². The maximum atomic E-state index is 12.9. The number of rotatable bonds is 5. The molecule has 0 aliphatic carbocycles. The number of hydrogen-bond donors (Lipinski definition) is 0. The van der Waals surface area contributed by atoms with E-state index in [4.69, 9.17) is 9.47 Å². The van der Waals surface area contributed by atoms with Gasteiger partial charge in [0.2, 0.25) is 5.91 Å². The van der Waals surface area contributed by atoms with Crippen molar-refractivity contribution in [1.29, 1.82) is 0 Å². The van der Waals surface area contributed by atoms with Crippen LogP contribution in [0.5, 0.6) is 11.5 Å². The first-order chi connectivity index (χ1) is 12.2. The summed E-state index contributed by atoms with van der Waals surface area (Å²) < 4.78 is 11.9. The molecule has 2 unspecified atom stereocenters. The molecule has 2 aliphatic rings. The molecule has 1 saturated heterocycles. The number of carbonyl (C=O) groups is 1. The fourth-order valence-corrected chi connectivity index (χ4v) is 3.69. The Hall–Kier alpha value is -1.75. The number of carbonyl (C=O) groups excluding carboxylic acids is 1. The Morgan fingerprint density at radius 2 is 1.88 bits per heavy atom. The van der Waals surface area contributed by atoms with Crippen LogP contribution in [-0.4, -0.2) is 60.6 Å². The quantitative estimate of drug-likeness (QED) is 0.822. The molecule has 138 valence electrons. The number of likely N-dealkylation sites (tertiary alicyclic amines) is 1. The van der Waals surface area contributed by atoms with Gasteiger partial charge >= 0.3 is 0 Å². The highest BCUT2D eigenvalue weighted by Crippen LogP contribution is 2.31. The van der Waals surface area contributed by atoms with E-state index >= 15 is 0 Å². The first-order valence-corrected chi connectivity index (χ1v) is 9.60. The number of benzene rings is 1. The Kier molecular flexibility index (Phi) is 6.19. The minimum atomic E-state index is -0.121. The highest BCUT2D eigenvalue weighted by Gasteiger charge is 2.29. The lowest BCUT2D eigenvalue weighted by atomic mass is 10.2. The summed E-state index contributed by atoms with van der Waals surface area (Å²) in [7, 11) is 0. The molecule has 2 aliphatic heterocycles. The minimum absolute atomic E-state index is 0.0470. The van der Waals surface area contributed by atoms with Crippen molar-refractivity contribution < 1.29 is 14.3 Å². The van der Waals surface area contributed by atoms with E-state index in [2.05, 4.69) is 11.8 Å². The standard InChI is InChI=1S/C20H30N2O3/c1-3-21(16(2)20(23)22-12-8-4-5-9-13-22)14-17-15-24-18-10-6-7-11-19(18)25-17/h6-7,10-11,16-17H,3-5,8-9,12-15H2,1-2H3. The summed E-state index contributed by atoms with van der Waals surface area (Å²) >= 11 is 0. The van der Waals surface area contributed by atoms with Crippen molar-refractivity contribution in [2.45, 2.75) is 51.7 Å². The summed E-state index contributed by atoms with van der Waals surface area (Å²) in [6, 6.07) is 7.64. The molecule has 0 spiro atoms. The number of ether oxygens (including phenoxy) is 2. The van der Waals surface area contributed by atoms with Gasteiger partial charge in [0, 0.05) is 19.6 Å². The van der Waals surface area contributed by atoms with E-state index in [-0.39, 0.29) is 18.1 Å². The highest BCUT2D eigenvalue weighted by molar-refractivity contribution is 5.81. The van der Waals surface area contributed by atoms with Crippen molar-refractivity contribution in [2.24, 2.45) is 0 Å². The van der Waals surface area contributed by atoms with Gasteiger partial charge in [0.05, 0.1) is 6.04 Å². The average molecular weight is 346 g/mol. The van der Waals surface area contributed by atoms with Crippen LogP contribution in [0.1, 0.15) is 39.5 Å². The van der Waals surface area contributed by atoms with Crippen molar-refractivity contribution in [3.63, 3.8) is 0 Å². The zero-order chi connectivity index (χ0) is 17.6. The fraction of sp³-hybridized carbons (Fsp3) is 0.650. The third-order valence-electron chi connectivity index (χ3n) is 5.23. The van der Waals surface area contributed by atoms with Gasteiger partial charge in [-0.3, -0.25) is 9.69 Å². The summed E-state index contributed by atoms with van der Waals surface area (Å²) in [5.74, 6) is 1.85. The Balaban J connectivity index is 1.59. The zero-order valence-corrected chi connectivity index (χ0v) is 15.4. The van der Waals surface area contributed by atoms with Crippen LogP contribution in [0.25, 0.3) is 0 Å². The second kappa shape index (κ2) is 8.56. The number of para-hydroxylation sites is 2. The molecule has 2 atom stereocenters. The predicted octanol–water partition coefficient (Wildman–Crippen LogP) is 2.94. The van der Waals surface area contributed by atoms with Gasteiger partial charge in [0.15, 0.2) is 11.5 Å². The smallest absolute Gasteiger partial charge is 0.239 e. The summed E-state index contributed by atoms with van der Waals surface area (Å²) in [6.07, 6.45) is 4.68. The van der Waals surface area contributed by atoms with E-state index < -0.39 is 0 Å². The Morgan fingerprint density at radius 3 is 2.56 bits per heavy atom. The van der Waals surface area contributed by atoms with Gasteiger partial charge in [-0.05, 0) is 38.4 Å². The zero-order valence-electron chi connectivity index (χ0n) is 15.4. The molecule has 3 rings (SSSR count). The number of amides is 1. The van der Waals surface area contributed by atoms with Gasteiger partial charge in [-0.2, -0.15) is 0 Å². The monoisotopic (exact) mass is 346 g/mol. The van der Waals surface area contributed by atoms with E-state index in [0.29, 0.717) is 13.2 Å². The SMILES string of the molecule is CCN(CC1COc2ccccc2O1)C(C)C(=O)N1CCCCCC1. The Bertz CT molecular complexity index is 570. The Morgan fingerprint density at radius 1 is 1.20 bits per heavy atom. The van der Waals surface area contributed by atoms with E-state index in [9.17, 15) is 4.79 Å². The summed E-state index contributed by atoms with van der Waals surface area (Å²) in [4.78, 5) is 17.2. The Labute approximate surface area is 150 Å². The first kappa shape index (κ1) is 18.1. The van der Waals surface area contributed by atoms with Gasteiger partial charge in [-0.15, -0.1) is 0 Å². The van der Waals surface area contributed by atoms with Gasteiger partial charge in [0.25, 0.3) is 0 Å². The number of likely N-dealkylation sites (N-methyl/N-ethyl adjacent to an activating group) is 1. The number of fused-ring (bicyclic) bond motifs is 1. The molecule has 0 saturated carbocycles. The van der Waals surface area contributed by atoms with Gasteiger partial charge in [0.1, 0.15) is 12.7 Å². The molecule has 1 amide bonds. The molecule has 0 aromatic heterocycles. The van der Waals surface area contributed by atoms with E-state index in [1.807, 2.05) is 36.1 Å². The van der Waals surface area contributed by atoms with Crippen molar-refractivity contribution in [3.8, 4) is 11.5 Å². The normalized spacial score (nSPS) is 21.7. The van der Waals surface area contributed by atoms with E-state index in [1.165, 1.54) is 12.8 Å². The average Bonchev–Trinajstić information content (AvgIpc) is 2.94. The van der Waals surface area contributed by atoms with E-state index in [1.54, 1.807) is 0 Å². The molecule has 0 N–H and O–H groups in total. The van der Waals surface area contributed by atoms with Crippen LogP contribution in [0, 0.1) is 0 Å². The van der Waals surface area contributed by atoms with Crippen LogP contribution in [0.4, 0.5) is 0 Å². The van der Waals surface area contributed by atoms with Gasteiger partial charge in [-0.1, -0.05) is 31.9 Å². The summed E-state index contributed by atoms with van der Waals surface area (Å²) in [5.41, 5.74) is 0. The molecule has 0 bridgehead atoms. The third-order valence-corrected chi connectivity index (χ3v) is 5.23. The maximum Gasteiger partial charge on any atom is 0.239 e. The molecule has 2 heterocycles. The van der Waals surface area contributed by atoms with Crippen molar-refractivity contribution in [1.82, 2.24) is 9.80 Å². The lowest BCUT2D eigenvalue weighted by molar-refractivity contribution is -0.136.